The van der Waals surface area contributed by atoms with E-state index in [4.69, 9.17) is 18.3 Å². The number of furan rings is 1. The Labute approximate surface area is 147 Å². The minimum absolute atomic E-state index is 0.296. The Hall–Kier alpha value is -1.70. The molecule has 0 N–H and O–H groups in total. The van der Waals surface area contributed by atoms with E-state index >= 15 is 0 Å². The van der Waals surface area contributed by atoms with E-state index in [-0.39, 0.29) is 0 Å². The third kappa shape index (κ3) is 4.48. The molecule has 0 amide bonds. The molecule has 2 aromatic rings. The molecule has 0 aromatic carbocycles. The second-order valence-electron chi connectivity index (χ2n) is 6.78. The lowest BCUT2D eigenvalue weighted by Crippen LogP contribution is -2.38. The molecule has 0 unspecified atom stereocenters. The molecule has 25 heavy (non-hydrogen) atoms. The number of rotatable bonds is 6. The molecule has 1 atom stereocenters. The van der Waals surface area contributed by atoms with Gasteiger partial charge in [0.15, 0.2) is 5.76 Å². The van der Waals surface area contributed by atoms with Gasteiger partial charge in [-0.3, -0.25) is 4.90 Å². The molecule has 0 spiro atoms. The van der Waals surface area contributed by atoms with Crippen molar-refractivity contribution in [3.63, 3.8) is 0 Å². The van der Waals surface area contributed by atoms with E-state index in [9.17, 15) is 0 Å². The van der Waals surface area contributed by atoms with Gasteiger partial charge in [0.1, 0.15) is 0 Å². The predicted molar refractivity (Wildman–Crippen MR) is 89.8 cm³/mol. The Morgan fingerprint density at radius 3 is 2.84 bits per heavy atom. The lowest BCUT2D eigenvalue weighted by Gasteiger charge is -2.32. The molecule has 2 aromatic heterocycles. The standard InChI is InChI=1S/C18H25N3O4/c1-2-10-22-15(4-1)13-24-14-6-8-21(9-7-14)12-17-19-20-18(25-17)16-5-3-11-23-16/h3,5,11,14-15H,1-2,4,6-10,12-13H2/t15-/m1/s1. The number of hydrogen-bond donors (Lipinski definition) is 0. The van der Waals surface area contributed by atoms with Crippen LogP contribution in [0.1, 0.15) is 38.0 Å². The number of nitrogens with zero attached hydrogens (tertiary/aromatic N) is 3. The van der Waals surface area contributed by atoms with E-state index in [1.165, 1.54) is 12.8 Å². The predicted octanol–water partition coefficient (Wildman–Crippen LogP) is 2.88. The first-order chi connectivity index (χ1) is 12.4. The molecule has 0 bridgehead atoms. The Morgan fingerprint density at radius 1 is 1.16 bits per heavy atom. The Kier molecular flexibility index (Phi) is 5.44. The van der Waals surface area contributed by atoms with Crippen LogP contribution in [0.2, 0.25) is 0 Å². The summed E-state index contributed by atoms with van der Waals surface area (Å²) in [5.41, 5.74) is 0. The van der Waals surface area contributed by atoms with Crippen LogP contribution in [-0.2, 0) is 16.0 Å². The molecule has 0 aliphatic carbocycles. The minimum atomic E-state index is 0.296. The molecule has 136 valence electrons. The third-order valence-electron chi connectivity index (χ3n) is 4.88. The van der Waals surface area contributed by atoms with Gasteiger partial charge in [-0.2, -0.15) is 0 Å². The minimum Gasteiger partial charge on any atom is -0.459 e. The second-order valence-corrected chi connectivity index (χ2v) is 6.78. The van der Waals surface area contributed by atoms with Gasteiger partial charge in [0, 0.05) is 19.7 Å². The van der Waals surface area contributed by atoms with Crippen LogP contribution in [0.3, 0.4) is 0 Å². The fourth-order valence-electron chi connectivity index (χ4n) is 3.42. The van der Waals surface area contributed by atoms with Crippen LogP contribution < -0.4 is 0 Å². The van der Waals surface area contributed by atoms with E-state index in [1.54, 1.807) is 6.26 Å². The van der Waals surface area contributed by atoms with Crippen LogP contribution in [0.15, 0.2) is 27.2 Å². The lowest BCUT2D eigenvalue weighted by atomic mass is 10.1. The fraction of sp³-hybridized carbons (Fsp3) is 0.667. The molecule has 4 heterocycles. The maximum atomic E-state index is 6.06. The van der Waals surface area contributed by atoms with Crippen molar-refractivity contribution < 1.29 is 18.3 Å². The van der Waals surface area contributed by atoms with Crippen molar-refractivity contribution in [1.82, 2.24) is 15.1 Å². The summed E-state index contributed by atoms with van der Waals surface area (Å²) in [5, 5.41) is 8.16. The Balaban J connectivity index is 1.20. The zero-order valence-corrected chi connectivity index (χ0v) is 14.4. The van der Waals surface area contributed by atoms with Crippen molar-refractivity contribution in [2.45, 2.75) is 50.9 Å². The zero-order chi connectivity index (χ0) is 16.9. The van der Waals surface area contributed by atoms with Crippen LogP contribution in [0, 0.1) is 0 Å². The van der Waals surface area contributed by atoms with E-state index in [0.29, 0.717) is 36.3 Å². The Bertz CT molecular complexity index is 629. The van der Waals surface area contributed by atoms with Crippen molar-refractivity contribution in [2.24, 2.45) is 0 Å². The molecule has 4 rings (SSSR count). The lowest BCUT2D eigenvalue weighted by molar-refractivity contribution is -0.0756. The SMILES string of the molecule is c1coc(-c2nnc(CN3CCC(OC[C@H]4CCCCO4)CC3)o2)c1. The van der Waals surface area contributed by atoms with Crippen LogP contribution >= 0.6 is 0 Å². The molecule has 2 aliphatic heterocycles. The molecule has 2 saturated heterocycles. The van der Waals surface area contributed by atoms with Crippen molar-refractivity contribution in [3.05, 3.63) is 24.3 Å². The Morgan fingerprint density at radius 2 is 2.08 bits per heavy atom. The van der Waals surface area contributed by atoms with Gasteiger partial charge in [0.05, 0.1) is 31.6 Å². The van der Waals surface area contributed by atoms with Crippen LogP contribution in [0.5, 0.6) is 0 Å². The van der Waals surface area contributed by atoms with E-state index < -0.39 is 0 Å². The number of ether oxygens (including phenoxy) is 2. The topological polar surface area (TPSA) is 73.8 Å². The number of hydrogen-bond acceptors (Lipinski definition) is 7. The summed E-state index contributed by atoms with van der Waals surface area (Å²) >= 11 is 0. The van der Waals surface area contributed by atoms with Crippen LogP contribution in [0.4, 0.5) is 0 Å². The highest BCUT2D eigenvalue weighted by atomic mass is 16.5. The van der Waals surface area contributed by atoms with Crippen LogP contribution in [0.25, 0.3) is 11.7 Å². The van der Waals surface area contributed by atoms with Gasteiger partial charge in [-0.1, -0.05) is 0 Å². The fourth-order valence-corrected chi connectivity index (χ4v) is 3.42. The molecular weight excluding hydrogens is 322 g/mol. The molecule has 7 nitrogen and oxygen atoms in total. The monoisotopic (exact) mass is 347 g/mol. The molecule has 0 saturated carbocycles. The van der Waals surface area contributed by atoms with Crippen molar-refractivity contribution >= 4 is 0 Å². The highest BCUT2D eigenvalue weighted by Gasteiger charge is 2.23. The normalized spacial score (nSPS) is 23.1. The highest BCUT2D eigenvalue weighted by molar-refractivity contribution is 5.42. The van der Waals surface area contributed by atoms with E-state index in [1.807, 2.05) is 12.1 Å². The number of aromatic nitrogens is 2. The van der Waals surface area contributed by atoms with Gasteiger partial charge in [-0.15, -0.1) is 10.2 Å². The summed E-state index contributed by atoms with van der Waals surface area (Å²) in [5.74, 6) is 1.67. The molecule has 2 fully saturated rings. The van der Waals surface area contributed by atoms with Crippen LogP contribution in [-0.4, -0.2) is 53.6 Å². The maximum Gasteiger partial charge on any atom is 0.283 e. The van der Waals surface area contributed by atoms with Gasteiger partial charge in [0.2, 0.25) is 5.89 Å². The zero-order valence-electron chi connectivity index (χ0n) is 14.4. The van der Waals surface area contributed by atoms with Gasteiger partial charge < -0.3 is 18.3 Å². The summed E-state index contributed by atoms with van der Waals surface area (Å²) in [4.78, 5) is 2.33. The first-order valence-corrected chi connectivity index (χ1v) is 9.18. The first-order valence-electron chi connectivity index (χ1n) is 9.18. The second kappa shape index (κ2) is 8.12. The van der Waals surface area contributed by atoms with Crippen molar-refractivity contribution in [1.29, 1.82) is 0 Å². The van der Waals surface area contributed by atoms with E-state index in [2.05, 4.69) is 15.1 Å². The molecule has 2 aliphatic rings. The molecule has 7 heteroatoms. The summed E-state index contributed by atoms with van der Waals surface area (Å²) in [7, 11) is 0. The van der Waals surface area contributed by atoms with Crippen molar-refractivity contribution in [3.8, 4) is 11.7 Å². The number of piperidine rings is 1. The van der Waals surface area contributed by atoms with E-state index in [0.717, 1.165) is 45.6 Å². The average molecular weight is 347 g/mol. The van der Waals surface area contributed by atoms with Gasteiger partial charge >= 0.3 is 0 Å². The summed E-state index contributed by atoms with van der Waals surface area (Å²) in [6.07, 6.45) is 7.88. The highest BCUT2D eigenvalue weighted by Crippen LogP contribution is 2.21. The first kappa shape index (κ1) is 16.8. The number of likely N-dealkylation sites (tertiary alicyclic amines) is 1. The third-order valence-corrected chi connectivity index (χ3v) is 4.88. The quantitative estimate of drug-likeness (QED) is 0.795. The largest absolute Gasteiger partial charge is 0.459 e. The summed E-state index contributed by atoms with van der Waals surface area (Å²) in [6, 6.07) is 3.62. The molecular formula is C18H25N3O4. The smallest absolute Gasteiger partial charge is 0.283 e. The summed E-state index contributed by atoms with van der Waals surface area (Å²) < 4.78 is 22.7. The maximum absolute atomic E-state index is 6.06. The van der Waals surface area contributed by atoms with Crippen molar-refractivity contribution in [2.75, 3.05) is 26.3 Å². The summed E-state index contributed by atoms with van der Waals surface area (Å²) in [6.45, 7) is 4.26. The van der Waals surface area contributed by atoms with Gasteiger partial charge in [-0.25, -0.2) is 0 Å². The average Bonchev–Trinajstić information content (AvgIpc) is 3.34. The van der Waals surface area contributed by atoms with Gasteiger partial charge in [-0.05, 0) is 44.2 Å². The molecule has 0 radical (unpaired) electrons. The van der Waals surface area contributed by atoms with Gasteiger partial charge in [0.25, 0.3) is 5.89 Å².